The molecule has 90 valence electrons. The molecule has 0 unspecified atom stereocenters. The third-order valence-corrected chi connectivity index (χ3v) is 2.13. The predicted octanol–water partition coefficient (Wildman–Crippen LogP) is -1.29. The van der Waals surface area contributed by atoms with Crippen molar-refractivity contribution in [3.63, 3.8) is 0 Å². The summed E-state index contributed by atoms with van der Waals surface area (Å²) in [5.74, 6) is -0.814. The average molecular weight is 229 g/mol. The van der Waals surface area contributed by atoms with Crippen molar-refractivity contribution in [3.8, 4) is 5.88 Å². The van der Waals surface area contributed by atoms with E-state index in [4.69, 9.17) is 16.2 Å². The summed E-state index contributed by atoms with van der Waals surface area (Å²) in [6.07, 6.45) is 0. The summed E-state index contributed by atoms with van der Waals surface area (Å²) in [6.45, 7) is 2.26. The lowest BCUT2D eigenvalue weighted by molar-refractivity contribution is 0.168. The zero-order valence-corrected chi connectivity index (χ0v) is 8.88. The highest BCUT2D eigenvalue weighted by Gasteiger charge is 2.17. The quantitative estimate of drug-likeness (QED) is 0.408. The number of aliphatic hydroxyl groups excluding tert-OH is 1. The first-order chi connectivity index (χ1) is 7.52. The van der Waals surface area contributed by atoms with Gasteiger partial charge in [0.05, 0.1) is 6.61 Å². The molecule has 0 aliphatic carbocycles. The van der Waals surface area contributed by atoms with E-state index in [0.29, 0.717) is 11.3 Å². The molecule has 1 heterocycles. The number of rotatable bonds is 4. The van der Waals surface area contributed by atoms with Gasteiger partial charge in [-0.25, -0.2) is 0 Å². The highest BCUT2D eigenvalue weighted by Crippen LogP contribution is 2.22. The third-order valence-electron chi connectivity index (χ3n) is 2.13. The third kappa shape index (κ3) is 2.01. The number of nitrogens with two attached hydrogens (primary N) is 1. The first kappa shape index (κ1) is 12.1. The Labute approximate surface area is 91.7 Å². The van der Waals surface area contributed by atoms with E-state index >= 15 is 0 Å². The van der Waals surface area contributed by atoms with E-state index in [1.165, 1.54) is 4.90 Å². The van der Waals surface area contributed by atoms with Crippen molar-refractivity contribution < 1.29 is 15.4 Å². The summed E-state index contributed by atoms with van der Waals surface area (Å²) in [5, 5.41) is 35.4. The fourth-order valence-electron chi connectivity index (χ4n) is 1.34. The molecule has 0 aliphatic heterocycles. The van der Waals surface area contributed by atoms with Gasteiger partial charge in [0, 0.05) is 13.1 Å². The average Bonchev–Trinajstić information content (AvgIpc) is 2.25. The number of nitrogens with one attached hydrogen (secondary N) is 1. The van der Waals surface area contributed by atoms with Crippen LogP contribution in [0.2, 0.25) is 0 Å². The van der Waals surface area contributed by atoms with Gasteiger partial charge in [-0.2, -0.15) is 4.98 Å². The second-order valence-electron chi connectivity index (χ2n) is 3.11. The zero-order valence-electron chi connectivity index (χ0n) is 8.88. The highest BCUT2D eigenvalue weighted by atomic mass is 16.5. The predicted molar refractivity (Wildman–Crippen MR) is 56.3 cm³/mol. The molecule has 1 aromatic rings. The van der Waals surface area contributed by atoms with Crippen LogP contribution in [0.25, 0.3) is 0 Å². The maximum Gasteiger partial charge on any atom is 0.258 e. The van der Waals surface area contributed by atoms with Crippen molar-refractivity contribution in [2.45, 2.75) is 6.92 Å². The van der Waals surface area contributed by atoms with E-state index in [0.717, 1.165) is 0 Å². The monoisotopic (exact) mass is 229 g/mol. The number of likely N-dealkylation sites (N-methyl/N-ethyl adjacent to an activating group) is 1. The van der Waals surface area contributed by atoms with E-state index in [1.807, 2.05) is 0 Å². The SMILES string of the molecule is CCN(CCO)c1c(O)nc(N)c(=N)n1O. The Morgan fingerprint density at radius 3 is 2.69 bits per heavy atom. The minimum atomic E-state index is -0.480. The minimum Gasteiger partial charge on any atom is -0.491 e. The summed E-state index contributed by atoms with van der Waals surface area (Å²) in [6, 6.07) is 0. The molecule has 1 aromatic heterocycles. The van der Waals surface area contributed by atoms with E-state index in [-0.39, 0.29) is 24.8 Å². The van der Waals surface area contributed by atoms with Crippen LogP contribution in [0.15, 0.2) is 0 Å². The Balaban J connectivity index is 3.32. The molecular formula is C8H15N5O3. The Kier molecular flexibility index (Phi) is 3.56. The van der Waals surface area contributed by atoms with Crippen LogP contribution < -0.4 is 16.1 Å². The molecule has 0 radical (unpaired) electrons. The highest BCUT2D eigenvalue weighted by molar-refractivity contribution is 5.50. The summed E-state index contributed by atoms with van der Waals surface area (Å²) in [4.78, 5) is 5.00. The summed E-state index contributed by atoms with van der Waals surface area (Å²) in [7, 11) is 0. The first-order valence-corrected chi connectivity index (χ1v) is 4.74. The Morgan fingerprint density at radius 2 is 2.19 bits per heavy atom. The summed E-state index contributed by atoms with van der Waals surface area (Å²) >= 11 is 0. The van der Waals surface area contributed by atoms with Crippen molar-refractivity contribution >= 4 is 11.6 Å². The first-order valence-electron chi connectivity index (χ1n) is 4.74. The van der Waals surface area contributed by atoms with Crippen LogP contribution in [0.3, 0.4) is 0 Å². The standard InChI is InChI=1S/C8H15N5O3/c1-2-12(3-4-14)8-7(15)11-5(9)6(10)13(8)16/h10,14-16H,2-4H2,1H3,(H2,9,11). The molecular weight excluding hydrogens is 214 g/mol. The lowest BCUT2D eigenvalue weighted by Crippen LogP contribution is -2.34. The van der Waals surface area contributed by atoms with Gasteiger partial charge in [-0.05, 0) is 6.92 Å². The molecule has 6 N–H and O–H groups in total. The molecule has 0 atom stereocenters. The van der Waals surface area contributed by atoms with E-state index in [2.05, 4.69) is 4.98 Å². The maximum absolute atomic E-state index is 9.61. The number of aromatic nitrogens is 2. The minimum absolute atomic E-state index is 0.0595. The number of nitrogens with zero attached hydrogens (tertiary/aromatic N) is 3. The number of hydrogen-bond acceptors (Lipinski definition) is 7. The second-order valence-corrected chi connectivity index (χ2v) is 3.11. The van der Waals surface area contributed by atoms with Gasteiger partial charge >= 0.3 is 0 Å². The van der Waals surface area contributed by atoms with Crippen LogP contribution in [-0.2, 0) is 0 Å². The van der Waals surface area contributed by atoms with Crippen LogP contribution in [0, 0.1) is 5.41 Å². The molecule has 0 bridgehead atoms. The molecule has 8 heteroatoms. The molecule has 8 nitrogen and oxygen atoms in total. The van der Waals surface area contributed by atoms with E-state index in [9.17, 15) is 10.3 Å². The van der Waals surface area contributed by atoms with Crippen LogP contribution in [0.1, 0.15) is 6.92 Å². The number of nitrogen functional groups attached to an aromatic ring is 1. The Morgan fingerprint density at radius 1 is 1.56 bits per heavy atom. The lowest BCUT2D eigenvalue weighted by Gasteiger charge is -2.23. The smallest absolute Gasteiger partial charge is 0.258 e. The number of aromatic hydroxyl groups is 1. The molecule has 0 aromatic carbocycles. The number of aliphatic hydroxyl groups is 1. The molecule has 16 heavy (non-hydrogen) atoms. The van der Waals surface area contributed by atoms with E-state index in [1.54, 1.807) is 6.92 Å². The van der Waals surface area contributed by atoms with Gasteiger partial charge in [0.1, 0.15) is 0 Å². The number of hydrogen-bond donors (Lipinski definition) is 5. The number of anilines is 2. The van der Waals surface area contributed by atoms with Crippen molar-refractivity contribution in [2.24, 2.45) is 0 Å². The molecule has 0 saturated carbocycles. The lowest BCUT2D eigenvalue weighted by atomic mass is 10.4. The van der Waals surface area contributed by atoms with Crippen LogP contribution in [0.5, 0.6) is 5.88 Å². The van der Waals surface area contributed by atoms with Gasteiger partial charge in [-0.3, -0.25) is 5.41 Å². The second kappa shape index (κ2) is 4.71. The van der Waals surface area contributed by atoms with Crippen molar-refractivity contribution in [1.82, 2.24) is 9.71 Å². The van der Waals surface area contributed by atoms with Crippen molar-refractivity contribution in [3.05, 3.63) is 5.49 Å². The van der Waals surface area contributed by atoms with Gasteiger partial charge in [-0.1, -0.05) is 0 Å². The van der Waals surface area contributed by atoms with Crippen LogP contribution in [0.4, 0.5) is 11.6 Å². The van der Waals surface area contributed by atoms with Gasteiger partial charge in [-0.15, -0.1) is 4.73 Å². The maximum atomic E-state index is 9.61. The van der Waals surface area contributed by atoms with Gasteiger partial charge in [0.2, 0.25) is 11.3 Å². The largest absolute Gasteiger partial charge is 0.491 e. The topological polar surface area (TPSA) is 132 Å². The Bertz CT molecular complexity index is 430. The van der Waals surface area contributed by atoms with Crippen molar-refractivity contribution in [1.29, 1.82) is 5.41 Å². The molecule has 0 spiro atoms. The van der Waals surface area contributed by atoms with Gasteiger partial charge < -0.3 is 26.1 Å². The Hall–Kier alpha value is -1.96. The fraction of sp³-hybridized carbons (Fsp3) is 0.500. The van der Waals surface area contributed by atoms with Crippen LogP contribution in [-0.4, -0.2) is 44.8 Å². The molecule has 0 saturated heterocycles. The van der Waals surface area contributed by atoms with Gasteiger partial charge in [0.15, 0.2) is 5.82 Å². The molecule has 1 rings (SSSR count). The van der Waals surface area contributed by atoms with Crippen molar-refractivity contribution in [2.75, 3.05) is 30.3 Å². The summed E-state index contributed by atoms with van der Waals surface area (Å²) < 4.78 is 0.441. The molecule has 0 fully saturated rings. The molecule has 0 aliphatic rings. The van der Waals surface area contributed by atoms with Gasteiger partial charge in [0.25, 0.3) is 5.88 Å². The van der Waals surface area contributed by atoms with E-state index < -0.39 is 11.4 Å². The normalized spacial score (nSPS) is 10.4. The summed E-state index contributed by atoms with van der Waals surface area (Å²) in [5.41, 5.74) is 4.89. The van der Waals surface area contributed by atoms with Crippen LogP contribution >= 0.6 is 0 Å². The zero-order chi connectivity index (χ0) is 12.3. The molecule has 0 amide bonds. The fourth-order valence-corrected chi connectivity index (χ4v) is 1.34.